The highest BCUT2D eigenvalue weighted by Gasteiger charge is 2.42. The monoisotopic (exact) mass is 200 g/mol. The molecule has 0 aromatic carbocycles. The SMILES string of the molecule is OCC1(Nc2ncc(F)cc2F)CC1. The lowest BCUT2D eigenvalue weighted by atomic mass is 10.3. The molecule has 0 radical (unpaired) electrons. The Hall–Kier alpha value is -1.23. The fourth-order valence-corrected chi connectivity index (χ4v) is 1.23. The Bertz CT molecular complexity index is 353. The van der Waals surface area contributed by atoms with E-state index in [1.54, 1.807) is 0 Å². The number of nitrogens with zero attached hydrogens (tertiary/aromatic N) is 1. The van der Waals surface area contributed by atoms with Gasteiger partial charge in [0.15, 0.2) is 11.6 Å². The van der Waals surface area contributed by atoms with E-state index in [0.29, 0.717) is 0 Å². The third-order valence-corrected chi connectivity index (χ3v) is 2.35. The van der Waals surface area contributed by atoms with Gasteiger partial charge in [0.1, 0.15) is 5.82 Å². The number of nitrogens with one attached hydrogen (secondary N) is 1. The molecule has 14 heavy (non-hydrogen) atoms. The minimum atomic E-state index is -0.732. The number of hydrogen-bond acceptors (Lipinski definition) is 3. The van der Waals surface area contributed by atoms with E-state index >= 15 is 0 Å². The molecule has 1 saturated carbocycles. The van der Waals surface area contributed by atoms with Crippen LogP contribution in [0.4, 0.5) is 14.6 Å². The van der Waals surface area contributed by atoms with E-state index < -0.39 is 17.2 Å². The van der Waals surface area contributed by atoms with Crippen LogP contribution >= 0.6 is 0 Å². The van der Waals surface area contributed by atoms with Crippen LogP contribution < -0.4 is 5.32 Å². The molecule has 0 atom stereocenters. The summed E-state index contributed by atoms with van der Waals surface area (Å²) in [6, 6.07) is 0.767. The molecule has 1 fully saturated rings. The fraction of sp³-hybridized carbons (Fsp3) is 0.444. The van der Waals surface area contributed by atoms with Crippen LogP contribution in [-0.4, -0.2) is 22.2 Å². The van der Waals surface area contributed by atoms with Gasteiger partial charge in [-0.1, -0.05) is 0 Å². The van der Waals surface area contributed by atoms with Crippen molar-refractivity contribution < 1.29 is 13.9 Å². The summed E-state index contributed by atoms with van der Waals surface area (Å²) in [5.74, 6) is -1.44. The maximum absolute atomic E-state index is 13.1. The van der Waals surface area contributed by atoms with Gasteiger partial charge >= 0.3 is 0 Å². The van der Waals surface area contributed by atoms with E-state index in [2.05, 4.69) is 10.3 Å². The predicted molar refractivity (Wildman–Crippen MR) is 46.8 cm³/mol. The van der Waals surface area contributed by atoms with Crippen molar-refractivity contribution in [2.75, 3.05) is 11.9 Å². The fourth-order valence-electron chi connectivity index (χ4n) is 1.23. The molecule has 3 nitrogen and oxygen atoms in total. The van der Waals surface area contributed by atoms with Gasteiger partial charge in [-0.15, -0.1) is 0 Å². The number of aliphatic hydroxyl groups is 1. The summed E-state index contributed by atoms with van der Waals surface area (Å²) in [4.78, 5) is 3.58. The minimum absolute atomic E-state index is 0.00190. The summed E-state index contributed by atoms with van der Waals surface area (Å²) in [5, 5.41) is 11.7. The van der Waals surface area contributed by atoms with Gasteiger partial charge in [-0.2, -0.15) is 0 Å². The van der Waals surface area contributed by atoms with Crippen LogP contribution in [0.3, 0.4) is 0 Å². The van der Waals surface area contributed by atoms with Crippen LogP contribution in [0.2, 0.25) is 0 Å². The number of aliphatic hydroxyl groups excluding tert-OH is 1. The zero-order chi connectivity index (χ0) is 10.2. The molecule has 1 aliphatic rings. The molecule has 5 heteroatoms. The quantitative estimate of drug-likeness (QED) is 0.772. The predicted octanol–water partition coefficient (Wildman–Crippen LogP) is 1.30. The summed E-state index contributed by atoms with van der Waals surface area (Å²) in [6.07, 6.45) is 2.50. The normalized spacial score (nSPS) is 17.9. The van der Waals surface area contributed by atoms with Gasteiger partial charge in [0.05, 0.1) is 18.3 Å². The molecule has 1 aromatic rings. The van der Waals surface area contributed by atoms with E-state index in [0.717, 1.165) is 25.1 Å². The lowest BCUT2D eigenvalue weighted by Crippen LogP contribution is -2.26. The molecular weight excluding hydrogens is 190 g/mol. The second-order valence-electron chi connectivity index (χ2n) is 3.55. The van der Waals surface area contributed by atoms with Crippen molar-refractivity contribution in [2.24, 2.45) is 0 Å². The van der Waals surface area contributed by atoms with Crippen LogP contribution in [-0.2, 0) is 0 Å². The minimum Gasteiger partial charge on any atom is -0.394 e. The number of pyridine rings is 1. The lowest BCUT2D eigenvalue weighted by molar-refractivity contribution is 0.265. The third kappa shape index (κ3) is 1.68. The molecule has 2 N–H and O–H groups in total. The largest absolute Gasteiger partial charge is 0.394 e. The van der Waals surface area contributed by atoms with Crippen LogP contribution in [0.5, 0.6) is 0 Å². The van der Waals surface area contributed by atoms with Gasteiger partial charge in [0, 0.05) is 6.07 Å². The third-order valence-electron chi connectivity index (χ3n) is 2.35. The summed E-state index contributed by atoms with van der Waals surface area (Å²) in [6.45, 7) is -0.0640. The molecule has 1 heterocycles. The molecule has 0 unspecified atom stereocenters. The van der Waals surface area contributed by atoms with Crippen LogP contribution in [0.25, 0.3) is 0 Å². The van der Waals surface area contributed by atoms with Crippen LogP contribution in [0.1, 0.15) is 12.8 Å². The molecule has 76 valence electrons. The van der Waals surface area contributed by atoms with Crippen molar-refractivity contribution in [3.63, 3.8) is 0 Å². The molecule has 2 rings (SSSR count). The average Bonchev–Trinajstić information content (AvgIpc) is 2.91. The molecule has 0 saturated heterocycles. The van der Waals surface area contributed by atoms with Crippen molar-refractivity contribution in [2.45, 2.75) is 18.4 Å². The highest BCUT2D eigenvalue weighted by molar-refractivity contribution is 5.41. The molecule has 0 spiro atoms. The van der Waals surface area contributed by atoms with Gasteiger partial charge in [-0.25, -0.2) is 13.8 Å². The Labute approximate surface area is 79.8 Å². The van der Waals surface area contributed by atoms with Crippen molar-refractivity contribution in [3.05, 3.63) is 23.9 Å². The molecular formula is C9H10F2N2O. The second-order valence-corrected chi connectivity index (χ2v) is 3.55. The average molecular weight is 200 g/mol. The topological polar surface area (TPSA) is 45.1 Å². The van der Waals surface area contributed by atoms with Crippen molar-refractivity contribution in [3.8, 4) is 0 Å². The highest BCUT2D eigenvalue weighted by atomic mass is 19.1. The van der Waals surface area contributed by atoms with E-state index in [4.69, 9.17) is 5.11 Å². The standard InChI is InChI=1S/C9H10F2N2O/c10-6-3-7(11)8(12-4-6)13-9(5-14)1-2-9/h3-4,14H,1-2,5H2,(H,12,13). The summed E-state index contributed by atoms with van der Waals surface area (Å²) in [5.41, 5.74) is -0.439. The first-order valence-corrected chi connectivity index (χ1v) is 4.35. The zero-order valence-corrected chi connectivity index (χ0v) is 7.43. The molecule has 0 bridgehead atoms. The first-order valence-electron chi connectivity index (χ1n) is 4.35. The molecule has 1 aromatic heterocycles. The number of halogens is 2. The number of rotatable bonds is 3. The van der Waals surface area contributed by atoms with Crippen molar-refractivity contribution in [1.82, 2.24) is 4.98 Å². The van der Waals surface area contributed by atoms with Gasteiger partial charge in [-0.3, -0.25) is 0 Å². The van der Waals surface area contributed by atoms with E-state index in [1.807, 2.05) is 0 Å². The Kier molecular flexibility index (Phi) is 2.11. The highest BCUT2D eigenvalue weighted by Crippen LogP contribution is 2.38. The van der Waals surface area contributed by atoms with Gasteiger partial charge < -0.3 is 10.4 Å². The molecule has 0 aliphatic heterocycles. The van der Waals surface area contributed by atoms with Gasteiger partial charge in [-0.05, 0) is 12.8 Å². The maximum Gasteiger partial charge on any atom is 0.168 e. The maximum atomic E-state index is 13.1. The lowest BCUT2D eigenvalue weighted by Gasteiger charge is -2.14. The molecule has 1 aliphatic carbocycles. The second kappa shape index (κ2) is 3.16. The summed E-state index contributed by atoms with van der Waals surface area (Å²) < 4.78 is 25.6. The Morgan fingerprint density at radius 2 is 2.21 bits per heavy atom. The van der Waals surface area contributed by atoms with Gasteiger partial charge in [0.25, 0.3) is 0 Å². The Morgan fingerprint density at radius 1 is 1.50 bits per heavy atom. The zero-order valence-electron chi connectivity index (χ0n) is 7.43. The first-order chi connectivity index (χ1) is 6.65. The smallest absolute Gasteiger partial charge is 0.168 e. The first kappa shape index (κ1) is 9.33. The van der Waals surface area contributed by atoms with Crippen molar-refractivity contribution >= 4 is 5.82 Å². The number of aromatic nitrogens is 1. The number of hydrogen-bond donors (Lipinski definition) is 2. The Balaban J connectivity index is 2.17. The van der Waals surface area contributed by atoms with Gasteiger partial charge in [0.2, 0.25) is 0 Å². The summed E-state index contributed by atoms with van der Waals surface area (Å²) >= 11 is 0. The summed E-state index contributed by atoms with van der Waals surface area (Å²) in [7, 11) is 0. The van der Waals surface area contributed by atoms with E-state index in [-0.39, 0.29) is 12.4 Å². The number of anilines is 1. The van der Waals surface area contributed by atoms with Crippen LogP contribution in [0.15, 0.2) is 12.3 Å². The van der Waals surface area contributed by atoms with E-state index in [9.17, 15) is 8.78 Å². The van der Waals surface area contributed by atoms with Crippen molar-refractivity contribution in [1.29, 1.82) is 0 Å². The van der Waals surface area contributed by atoms with E-state index in [1.165, 1.54) is 0 Å². The molecule has 0 amide bonds. The van der Waals surface area contributed by atoms with Crippen LogP contribution in [0, 0.1) is 11.6 Å². The Morgan fingerprint density at radius 3 is 2.71 bits per heavy atom.